The molecule has 0 aromatic carbocycles. The number of carbonyl (C=O) groups is 1. The molecule has 0 unspecified atom stereocenters. The molecular formula is C10H16O. The van der Waals surface area contributed by atoms with Crippen molar-refractivity contribution in [2.45, 2.75) is 32.6 Å². The molecular weight excluding hydrogens is 136 g/mol. The first-order valence-corrected chi connectivity index (χ1v) is 4.11. The van der Waals surface area contributed by atoms with Gasteiger partial charge in [-0.2, -0.15) is 0 Å². The highest BCUT2D eigenvalue weighted by molar-refractivity contribution is 5.90. The molecule has 0 amide bonds. The molecule has 0 aliphatic heterocycles. The molecule has 0 aliphatic rings. The van der Waals surface area contributed by atoms with Gasteiger partial charge in [0.1, 0.15) is 0 Å². The Labute approximate surface area is 68.8 Å². The molecule has 1 nitrogen and oxygen atoms in total. The Bertz CT molecular complexity index is 145. The van der Waals surface area contributed by atoms with Crippen LogP contribution in [0.4, 0.5) is 0 Å². The Hall–Kier alpha value is -0.850. The number of ketones is 1. The number of hydrogen-bond donors (Lipinski definition) is 0. The highest BCUT2D eigenvalue weighted by atomic mass is 16.1. The van der Waals surface area contributed by atoms with Gasteiger partial charge in [-0.05, 0) is 12.5 Å². The van der Waals surface area contributed by atoms with Crippen LogP contribution < -0.4 is 0 Å². The minimum absolute atomic E-state index is 0.149. The van der Waals surface area contributed by atoms with Gasteiger partial charge in [0.25, 0.3) is 0 Å². The third kappa shape index (κ3) is 7.04. The standard InChI is InChI=1S/C10H16O/c1-3-5-6-7-9-10(11)8-4-2/h4,7,9H,2-3,5-6,8H2,1H3/b9-7-. The van der Waals surface area contributed by atoms with E-state index in [1.807, 2.05) is 6.08 Å². The molecule has 1 heteroatoms. The van der Waals surface area contributed by atoms with Gasteiger partial charge in [0.2, 0.25) is 0 Å². The van der Waals surface area contributed by atoms with Gasteiger partial charge >= 0.3 is 0 Å². The molecule has 0 fully saturated rings. The van der Waals surface area contributed by atoms with E-state index in [4.69, 9.17) is 0 Å². The third-order valence-corrected chi connectivity index (χ3v) is 1.37. The lowest BCUT2D eigenvalue weighted by atomic mass is 10.2. The van der Waals surface area contributed by atoms with E-state index < -0.39 is 0 Å². The predicted octanol–water partition coefficient (Wildman–Crippen LogP) is 2.88. The second-order valence-electron chi connectivity index (χ2n) is 2.50. The summed E-state index contributed by atoms with van der Waals surface area (Å²) >= 11 is 0. The third-order valence-electron chi connectivity index (χ3n) is 1.37. The first-order valence-electron chi connectivity index (χ1n) is 4.11. The lowest BCUT2D eigenvalue weighted by molar-refractivity contribution is -0.113. The summed E-state index contributed by atoms with van der Waals surface area (Å²) in [6, 6.07) is 0. The highest BCUT2D eigenvalue weighted by Crippen LogP contribution is 1.95. The fraction of sp³-hybridized carbons (Fsp3) is 0.500. The summed E-state index contributed by atoms with van der Waals surface area (Å²) in [6.07, 6.45) is 9.04. The summed E-state index contributed by atoms with van der Waals surface area (Å²) in [7, 11) is 0. The molecule has 0 aromatic rings. The summed E-state index contributed by atoms with van der Waals surface area (Å²) in [4.78, 5) is 10.8. The molecule has 62 valence electrons. The molecule has 0 rings (SSSR count). The van der Waals surface area contributed by atoms with Gasteiger partial charge in [0, 0.05) is 6.42 Å². The van der Waals surface area contributed by atoms with Crippen molar-refractivity contribution in [1.29, 1.82) is 0 Å². The van der Waals surface area contributed by atoms with E-state index in [0.717, 1.165) is 12.8 Å². The van der Waals surface area contributed by atoms with Crippen molar-refractivity contribution in [1.82, 2.24) is 0 Å². The van der Waals surface area contributed by atoms with Gasteiger partial charge in [-0.3, -0.25) is 4.79 Å². The lowest BCUT2D eigenvalue weighted by Gasteiger charge is -1.88. The molecule has 11 heavy (non-hydrogen) atoms. The molecule has 0 heterocycles. The second-order valence-corrected chi connectivity index (χ2v) is 2.50. The molecule has 0 saturated heterocycles. The summed E-state index contributed by atoms with van der Waals surface area (Å²) < 4.78 is 0. The average molecular weight is 152 g/mol. The maximum atomic E-state index is 10.8. The zero-order valence-corrected chi connectivity index (χ0v) is 7.18. The number of hydrogen-bond acceptors (Lipinski definition) is 1. The van der Waals surface area contributed by atoms with E-state index in [-0.39, 0.29) is 5.78 Å². The molecule has 0 bridgehead atoms. The van der Waals surface area contributed by atoms with E-state index in [1.54, 1.807) is 12.2 Å². The fourth-order valence-electron chi connectivity index (χ4n) is 0.747. The number of unbranched alkanes of at least 4 members (excludes halogenated alkanes) is 2. The Kier molecular flexibility index (Phi) is 6.70. The van der Waals surface area contributed by atoms with Crippen molar-refractivity contribution in [3.63, 3.8) is 0 Å². The monoisotopic (exact) mass is 152 g/mol. The summed E-state index contributed by atoms with van der Waals surface area (Å²) in [5, 5.41) is 0. The van der Waals surface area contributed by atoms with Crippen molar-refractivity contribution >= 4 is 5.78 Å². The Morgan fingerprint density at radius 1 is 1.55 bits per heavy atom. The molecule has 0 aromatic heterocycles. The first-order chi connectivity index (χ1) is 5.31. The quantitative estimate of drug-likeness (QED) is 0.325. The fourth-order valence-corrected chi connectivity index (χ4v) is 0.747. The Morgan fingerprint density at radius 2 is 2.27 bits per heavy atom. The smallest absolute Gasteiger partial charge is 0.159 e. The molecule has 0 spiro atoms. The van der Waals surface area contributed by atoms with E-state index in [2.05, 4.69) is 13.5 Å². The molecule has 0 atom stereocenters. The summed E-state index contributed by atoms with van der Waals surface area (Å²) in [5.41, 5.74) is 0. The van der Waals surface area contributed by atoms with E-state index in [1.165, 1.54) is 6.42 Å². The lowest BCUT2D eigenvalue weighted by Crippen LogP contribution is -1.87. The minimum Gasteiger partial charge on any atom is -0.295 e. The normalized spacial score (nSPS) is 10.3. The van der Waals surface area contributed by atoms with Crippen molar-refractivity contribution in [3.05, 3.63) is 24.8 Å². The van der Waals surface area contributed by atoms with E-state index >= 15 is 0 Å². The first kappa shape index (κ1) is 10.2. The van der Waals surface area contributed by atoms with E-state index in [0.29, 0.717) is 6.42 Å². The van der Waals surface area contributed by atoms with Crippen LogP contribution in [0, 0.1) is 0 Å². The van der Waals surface area contributed by atoms with Crippen molar-refractivity contribution < 1.29 is 4.79 Å². The zero-order valence-electron chi connectivity index (χ0n) is 7.18. The minimum atomic E-state index is 0.149. The topological polar surface area (TPSA) is 17.1 Å². The second kappa shape index (κ2) is 7.26. The number of carbonyl (C=O) groups excluding carboxylic acids is 1. The summed E-state index contributed by atoms with van der Waals surface area (Å²) in [6.45, 7) is 5.63. The van der Waals surface area contributed by atoms with Gasteiger partial charge in [-0.1, -0.05) is 31.9 Å². The van der Waals surface area contributed by atoms with Gasteiger partial charge < -0.3 is 0 Å². The van der Waals surface area contributed by atoms with Gasteiger partial charge in [0.15, 0.2) is 5.78 Å². The van der Waals surface area contributed by atoms with Gasteiger partial charge in [-0.25, -0.2) is 0 Å². The van der Waals surface area contributed by atoms with Gasteiger partial charge in [0.05, 0.1) is 0 Å². The van der Waals surface area contributed by atoms with Crippen LogP contribution in [0.5, 0.6) is 0 Å². The SMILES string of the molecule is C=CCC(=O)/C=C\CCCC. The van der Waals surface area contributed by atoms with Crippen LogP contribution in [0.25, 0.3) is 0 Å². The van der Waals surface area contributed by atoms with Crippen LogP contribution in [0.15, 0.2) is 24.8 Å². The Balaban J connectivity index is 3.40. The molecule has 0 radical (unpaired) electrons. The Morgan fingerprint density at radius 3 is 2.82 bits per heavy atom. The predicted molar refractivity (Wildman–Crippen MR) is 48.5 cm³/mol. The van der Waals surface area contributed by atoms with Crippen LogP contribution >= 0.6 is 0 Å². The molecule has 0 aliphatic carbocycles. The maximum Gasteiger partial charge on any atom is 0.159 e. The van der Waals surface area contributed by atoms with E-state index in [9.17, 15) is 4.79 Å². The van der Waals surface area contributed by atoms with Crippen molar-refractivity contribution in [2.24, 2.45) is 0 Å². The maximum absolute atomic E-state index is 10.8. The highest BCUT2D eigenvalue weighted by Gasteiger charge is 1.88. The van der Waals surface area contributed by atoms with Crippen LogP contribution in [0.1, 0.15) is 32.6 Å². The molecule has 0 saturated carbocycles. The largest absolute Gasteiger partial charge is 0.295 e. The van der Waals surface area contributed by atoms with Crippen molar-refractivity contribution in [2.75, 3.05) is 0 Å². The number of allylic oxidation sites excluding steroid dienone is 3. The molecule has 0 N–H and O–H groups in total. The van der Waals surface area contributed by atoms with Crippen LogP contribution in [-0.2, 0) is 4.79 Å². The summed E-state index contributed by atoms with van der Waals surface area (Å²) in [5.74, 6) is 0.149. The average Bonchev–Trinajstić information content (AvgIpc) is 1.99. The van der Waals surface area contributed by atoms with Crippen molar-refractivity contribution in [3.8, 4) is 0 Å². The zero-order chi connectivity index (χ0) is 8.53. The number of rotatable bonds is 6. The van der Waals surface area contributed by atoms with Crippen LogP contribution in [0.3, 0.4) is 0 Å². The van der Waals surface area contributed by atoms with Gasteiger partial charge in [-0.15, -0.1) is 6.58 Å². The van der Waals surface area contributed by atoms with Crippen LogP contribution in [-0.4, -0.2) is 5.78 Å². The van der Waals surface area contributed by atoms with Crippen LogP contribution in [0.2, 0.25) is 0 Å².